The van der Waals surface area contributed by atoms with Crippen LogP contribution >= 0.6 is 0 Å². The van der Waals surface area contributed by atoms with Gasteiger partial charge >= 0.3 is 0 Å². The molecule has 1 heterocycles. The number of rotatable bonds is 2. The summed E-state index contributed by atoms with van der Waals surface area (Å²) >= 11 is 0. The molecule has 2 atom stereocenters. The minimum absolute atomic E-state index is 0.0102. The van der Waals surface area contributed by atoms with Crippen LogP contribution in [0.5, 0.6) is 0 Å². The van der Waals surface area contributed by atoms with Crippen LogP contribution in [-0.2, 0) is 4.79 Å². The Morgan fingerprint density at radius 1 is 1.53 bits per heavy atom. The number of anilines is 1. The molecule has 1 amide bonds. The Morgan fingerprint density at radius 2 is 2.35 bits per heavy atom. The van der Waals surface area contributed by atoms with E-state index in [9.17, 15) is 9.18 Å². The first-order valence-corrected chi connectivity index (χ1v) is 5.95. The molecule has 1 aromatic carbocycles. The van der Waals surface area contributed by atoms with Crippen molar-refractivity contribution < 1.29 is 9.18 Å². The molecule has 4 heteroatoms. The number of benzene rings is 1. The second kappa shape index (κ2) is 5.27. The van der Waals surface area contributed by atoms with Gasteiger partial charge in [-0.1, -0.05) is 6.07 Å². The number of carbonyl (C=O) groups excluding carboxylic acids is 1. The first-order valence-electron chi connectivity index (χ1n) is 5.95. The van der Waals surface area contributed by atoms with Gasteiger partial charge in [-0.15, -0.1) is 0 Å². The molecule has 1 aliphatic rings. The summed E-state index contributed by atoms with van der Waals surface area (Å²) in [7, 11) is 0. The molecule has 17 heavy (non-hydrogen) atoms. The van der Waals surface area contributed by atoms with Gasteiger partial charge in [-0.25, -0.2) is 4.39 Å². The van der Waals surface area contributed by atoms with Gasteiger partial charge in [0, 0.05) is 17.6 Å². The molecule has 2 N–H and O–H groups in total. The number of nitrogens with one attached hydrogen (secondary N) is 2. The largest absolute Gasteiger partial charge is 0.326 e. The molecule has 92 valence electrons. The number of hydrogen-bond acceptors (Lipinski definition) is 2. The molecule has 2 unspecified atom stereocenters. The summed E-state index contributed by atoms with van der Waals surface area (Å²) in [4.78, 5) is 12.0. The zero-order chi connectivity index (χ0) is 12.3. The first-order chi connectivity index (χ1) is 8.15. The van der Waals surface area contributed by atoms with Gasteiger partial charge in [0.1, 0.15) is 5.82 Å². The maximum atomic E-state index is 13.0. The smallest absolute Gasteiger partial charge is 0.227 e. The highest BCUT2D eigenvalue weighted by molar-refractivity contribution is 5.92. The number of piperidine rings is 1. The Kier molecular flexibility index (Phi) is 3.74. The molecule has 0 spiro atoms. The second-order valence-electron chi connectivity index (χ2n) is 4.58. The SMILES string of the molecule is CC1CC(C(=O)Nc2cccc(F)c2)CCN1. The molecule has 2 rings (SSSR count). The van der Waals surface area contributed by atoms with E-state index in [-0.39, 0.29) is 17.6 Å². The van der Waals surface area contributed by atoms with Crippen LogP contribution < -0.4 is 10.6 Å². The van der Waals surface area contributed by atoms with E-state index in [1.54, 1.807) is 12.1 Å². The monoisotopic (exact) mass is 236 g/mol. The van der Waals surface area contributed by atoms with E-state index in [1.807, 2.05) is 0 Å². The standard InChI is InChI=1S/C13H17FN2O/c1-9-7-10(5-6-15-9)13(17)16-12-4-2-3-11(14)8-12/h2-4,8-10,15H,5-7H2,1H3,(H,16,17). The van der Waals surface area contributed by atoms with Gasteiger partial charge in [-0.2, -0.15) is 0 Å². The summed E-state index contributed by atoms with van der Waals surface area (Å²) in [5.41, 5.74) is 0.529. The maximum Gasteiger partial charge on any atom is 0.227 e. The predicted octanol–water partition coefficient (Wildman–Crippen LogP) is 2.15. The molecule has 0 aliphatic carbocycles. The third-order valence-electron chi connectivity index (χ3n) is 3.09. The van der Waals surface area contributed by atoms with Crippen molar-refractivity contribution in [3.63, 3.8) is 0 Å². The minimum Gasteiger partial charge on any atom is -0.326 e. The molecular formula is C13H17FN2O. The molecule has 0 aromatic heterocycles. The second-order valence-corrected chi connectivity index (χ2v) is 4.58. The van der Waals surface area contributed by atoms with Crippen molar-refractivity contribution >= 4 is 11.6 Å². The van der Waals surface area contributed by atoms with Gasteiger partial charge < -0.3 is 10.6 Å². The average Bonchev–Trinajstić information content (AvgIpc) is 2.29. The highest BCUT2D eigenvalue weighted by Crippen LogP contribution is 2.18. The zero-order valence-corrected chi connectivity index (χ0v) is 9.87. The van der Waals surface area contributed by atoms with Gasteiger partial charge in [0.2, 0.25) is 5.91 Å². The van der Waals surface area contributed by atoms with Crippen molar-refractivity contribution in [1.29, 1.82) is 0 Å². The first kappa shape index (κ1) is 12.0. The molecule has 0 radical (unpaired) electrons. The molecule has 3 nitrogen and oxygen atoms in total. The van der Waals surface area contributed by atoms with Gasteiger partial charge in [0.25, 0.3) is 0 Å². The minimum atomic E-state index is -0.332. The van der Waals surface area contributed by atoms with Gasteiger partial charge in [-0.05, 0) is 44.5 Å². The summed E-state index contributed by atoms with van der Waals surface area (Å²) in [6, 6.07) is 6.36. The van der Waals surface area contributed by atoms with E-state index in [4.69, 9.17) is 0 Å². The molecular weight excluding hydrogens is 219 g/mol. The fraction of sp³-hybridized carbons (Fsp3) is 0.462. The van der Waals surface area contributed by atoms with E-state index >= 15 is 0 Å². The van der Waals surface area contributed by atoms with Crippen LogP contribution in [0.25, 0.3) is 0 Å². The summed E-state index contributed by atoms with van der Waals surface area (Å²) in [5, 5.41) is 6.07. The number of halogens is 1. The third-order valence-corrected chi connectivity index (χ3v) is 3.09. The van der Waals surface area contributed by atoms with Gasteiger partial charge in [-0.3, -0.25) is 4.79 Å². The van der Waals surface area contributed by atoms with Crippen LogP contribution in [0, 0.1) is 11.7 Å². The third kappa shape index (κ3) is 3.27. The van der Waals surface area contributed by atoms with Crippen LogP contribution in [0.3, 0.4) is 0 Å². The van der Waals surface area contributed by atoms with Crippen molar-refractivity contribution in [1.82, 2.24) is 5.32 Å². The Morgan fingerprint density at radius 3 is 3.06 bits per heavy atom. The summed E-state index contributed by atoms with van der Waals surface area (Å²) in [6.07, 6.45) is 1.67. The van der Waals surface area contributed by atoms with E-state index in [1.165, 1.54) is 12.1 Å². The van der Waals surface area contributed by atoms with Crippen molar-refractivity contribution in [2.75, 3.05) is 11.9 Å². The highest BCUT2D eigenvalue weighted by atomic mass is 19.1. The highest BCUT2D eigenvalue weighted by Gasteiger charge is 2.24. The zero-order valence-electron chi connectivity index (χ0n) is 9.87. The van der Waals surface area contributed by atoms with Crippen LogP contribution in [0.4, 0.5) is 10.1 Å². The topological polar surface area (TPSA) is 41.1 Å². The van der Waals surface area contributed by atoms with Crippen molar-refractivity contribution in [2.24, 2.45) is 5.92 Å². The Hall–Kier alpha value is -1.42. The molecule has 0 bridgehead atoms. The van der Waals surface area contributed by atoms with Crippen molar-refractivity contribution in [2.45, 2.75) is 25.8 Å². The average molecular weight is 236 g/mol. The van der Waals surface area contributed by atoms with Crippen LogP contribution in [0.15, 0.2) is 24.3 Å². The normalized spacial score (nSPS) is 24.4. The quantitative estimate of drug-likeness (QED) is 0.826. The lowest BCUT2D eigenvalue weighted by Gasteiger charge is -2.27. The van der Waals surface area contributed by atoms with Crippen LogP contribution in [0.2, 0.25) is 0 Å². The van der Waals surface area contributed by atoms with Crippen molar-refractivity contribution in [3.8, 4) is 0 Å². The fourth-order valence-corrected chi connectivity index (χ4v) is 2.18. The molecule has 0 saturated carbocycles. The summed E-state index contributed by atoms with van der Waals surface area (Å²) < 4.78 is 13.0. The van der Waals surface area contributed by atoms with Gasteiger partial charge in [0.15, 0.2) is 0 Å². The fourth-order valence-electron chi connectivity index (χ4n) is 2.18. The lowest BCUT2D eigenvalue weighted by atomic mass is 9.92. The Bertz CT molecular complexity index is 408. The molecule has 1 fully saturated rings. The molecule has 1 aliphatic heterocycles. The Labute approximate surface area is 100 Å². The van der Waals surface area contributed by atoms with E-state index < -0.39 is 0 Å². The molecule has 1 saturated heterocycles. The number of amides is 1. The number of hydrogen-bond donors (Lipinski definition) is 2. The van der Waals surface area contributed by atoms with Crippen LogP contribution in [0.1, 0.15) is 19.8 Å². The lowest BCUT2D eigenvalue weighted by Crippen LogP contribution is -2.40. The predicted molar refractivity (Wildman–Crippen MR) is 65.2 cm³/mol. The lowest BCUT2D eigenvalue weighted by molar-refractivity contribution is -0.120. The number of carbonyl (C=O) groups is 1. The van der Waals surface area contributed by atoms with E-state index in [0.29, 0.717) is 11.7 Å². The Balaban J connectivity index is 1.96. The van der Waals surface area contributed by atoms with E-state index in [2.05, 4.69) is 17.6 Å². The van der Waals surface area contributed by atoms with Gasteiger partial charge in [0.05, 0.1) is 0 Å². The molecule has 1 aromatic rings. The van der Waals surface area contributed by atoms with E-state index in [0.717, 1.165) is 19.4 Å². The summed E-state index contributed by atoms with van der Waals surface area (Å²) in [6.45, 7) is 2.93. The maximum absolute atomic E-state index is 13.0. The van der Waals surface area contributed by atoms with Crippen molar-refractivity contribution in [3.05, 3.63) is 30.1 Å². The van der Waals surface area contributed by atoms with Crippen LogP contribution in [-0.4, -0.2) is 18.5 Å². The summed E-state index contributed by atoms with van der Waals surface area (Å²) in [5.74, 6) is -0.319.